The highest BCUT2D eigenvalue weighted by molar-refractivity contribution is 7.87. The van der Waals surface area contributed by atoms with Crippen LogP contribution >= 0.6 is 0 Å². The monoisotopic (exact) mass is 338 g/mol. The van der Waals surface area contributed by atoms with E-state index in [1.165, 1.54) is 35.3 Å². The molecule has 0 N–H and O–H groups in total. The Morgan fingerprint density at radius 3 is 2.22 bits per heavy atom. The van der Waals surface area contributed by atoms with Crippen molar-refractivity contribution in [3.05, 3.63) is 60.4 Å². The van der Waals surface area contributed by atoms with Crippen molar-refractivity contribution in [3.8, 4) is 11.4 Å². The Bertz CT molecular complexity index is 908. The van der Waals surface area contributed by atoms with Gasteiger partial charge in [0.15, 0.2) is 0 Å². The Kier molecular flexibility index (Phi) is 3.74. The van der Waals surface area contributed by atoms with Crippen LogP contribution in [0.5, 0.6) is 5.75 Å². The van der Waals surface area contributed by atoms with Crippen molar-refractivity contribution < 1.29 is 21.4 Å². The van der Waals surface area contributed by atoms with Crippen molar-refractivity contribution in [1.29, 1.82) is 0 Å². The third-order valence-corrected chi connectivity index (χ3v) is 4.01. The molecule has 0 spiro atoms. The van der Waals surface area contributed by atoms with E-state index in [0.29, 0.717) is 23.9 Å². The van der Waals surface area contributed by atoms with Crippen molar-refractivity contribution in [3.63, 3.8) is 0 Å². The van der Waals surface area contributed by atoms with Crippen molar-refractivity contribution in [1.82, 2.24) is 20.2 Å². The molecular formula is C13H8F2N4O3S. The van der Waals surface area contributed by atoms with Crippen LogP contribution in [0, 0.1) is 11.6 Å². The Balaban J connectivity index is 1.86. The van der Waals surface area contributed by atoms with Crippen LogP contribution < -0.4 is 4.18 Å². The summed E-state index contributed by atoms with van der Waals surface area (Å²) in [6.45, 7) is 0. The number of hydrogen-bond acceptors (Lipinski definition) is 6. The number of halogens is 2. The molecule has 0 unspecified atom stereocenters. The van der Waals surface area contributed by atoms with E-state index in [0.717, 1.165) is 0 Å². The number of nitrogens with zero attached hydrogens (tertiary/aromatic N) is 4. The molecule has 23 heavy (non-hydrogen) atoms. The Morgan fingerprint density at radius 1 is 1.00 bits per heavy atom. The summed E-state index contributed by atoms with van der Waals surface area (Å²) >= 11 is 0. The second-order valence-corrected chi connectivity index (χ2v) is 5.94. The number of rotatable bonds is 4. The van der Waals surface area contributed by atoms with Crippen LogP contribution in [0.1, 0.15) is 0 Å². The van der Waals surface area contributed by atoms with Crippen molar-refractivity contribution in [2.24, 2.45) is 0 Å². The van der Waals surface area contributed by atoms with E-state index in [1.807, 2.05) is 0 Å². The van der Waals surface area contributed by atoms with Gasteiger partial charge < -0.3 is 4.18 Å². The van der Waals surface area contributed by atoms with E-state index >= 15 is 0 Å². The van der Waals surface area contributed by atoms with Gasteiger partial charge in [0.1, 0.15) is 28.6 Å². The topological polar surface area (TPSA) is 87.0 Å². The minimum atomic E-state index is -4.35. The van der Waals surface area contributed by atoms with E-state index in [1.54, 1.807) is 0 Å². The first kappa shape index (κ1) is 15.0. The Hall–Kier alpha value is -2.88. The molecule has 3 aromatic rings. The molecule has 3 rings (SSSR count). The maximum atomic E-state index is 13.1. The summed E-state index contributed by atoms with van der Waals surface area (Å²) in [6, 6.07) is 7.69. The van der Waals surface area contributed by atoms with Gasteiger partial charge in [-0.2, -0.15) is 8.42 Å². The fraction of sp³-hybridized carbons (Fsp3) is 0. The lowest BCUT2D eigenvalue weighted by Gasteiger charge is -2.08. The minimum Gasteiger partial charge on any atom is -0.379 e. The second kappa shape index (κ2) is 5.72. The molecular weight excluding hydrogens is 330 g/mol. The van der Waals surface area contributed by atoms with Gasteiger partial charge in [-0.15, -0.1) is 5.10 Å². The molecule has 7 nitrogen and oxygen atoms in total. The smallest absolute Gasteiger partial charge is 0.339 e. The molecule has 2 aromatic carbocycles. The lowest BCUT2D eigenvalue weighted by atomic mass is 10.3. The van der Waals surface area contributed by atoms with Crippen LogP contribution in [-0.4, -0.2) is 28.6 Å². The summed E-state index contributed by atoms with van der Waals surface area (Å²) < 4.78 is 56.5. The maximum absolute atomic E-state index is 13.1. The van der Waals surface area contributed by atoms with Gasteiger partial charge in [0.2, 0.25) is 0 Å². The molecule has 0 saturated heterocycles. The molecule has 0 fully saturated rings. The van der Waals surface area contributed by atoms with Gasteiger partial charge in [-0.1, -0.05) is 0 Å². The lowest BCUT2D eigenvalue weighted by Crippen LogP contribution is -2.10. The molecule has 1 heterocycles. The highest BCUT2D eigenvalue weighted by Crippen LogP contribution is 2.21. The lowest BCUT2D eigenvalue weighted by molar-refractivity contribution is 0.482. The normalized spacial score (nSPS) is 11.4. The summed E-state index contributed by atoms with van der Waals surface area (Å²) in [5.41, 5.74) is 0.580. The predicted octanol–water partition coefficient (Wildman–Crippen LogP) is 1.71. The first-order chi connectivity index (χ1) is 10.9. The van der Waals surface area contributed by atoms with Gasteiger partial charge in [0.05, 0.1) is 5.69 Å². The number of tetrazole rings is 1. The molecule has 0 aliphatic rings. The standard InChI is InChI=1S/C13H8F2N4O3S/c14-9-5-10(15)7-13(6-9)23(20,21)22-12-3-1-11(2-4-12)19-8-16-17-18-19/h1-8H. The van der Waals surface area contributed by atoms with Crippen LogP contribution in [0.3, 0.4) is 0 Å². The van der Waals surface area contributed by atoms with Crippen molar-refractivity contribution in [2.45, 2.75) is 4.90 Å². The zero-order valence-corrected chi connectivity index (χ0v) is 12.1. The molecule has 0 atom stereocenters. The highest BCUT2D eigenvalue weighted by atomic mass is 32.2. The van der Waals surface area contributed by atoms with Crippen LogP contribution in [0.15, 0.2) is 53.7 Å². The first-order valence-electron chi connectivity index (χ1n) is 6.18. The molecule has 0 saturated carbocycles. The van der Waals surface area contributed by atoms with E-state index in [9.17, 15) is 17.2 Å². The fourth-order valence-electron chi connectivity index (χ4n) is 1.78. The third-order valence-electron chi connectivity index (χ3n) is 2.78. The van der Waals surface area contributed by atoms with E-state index in [4.69, 9.17) is 4.18 Å². The fourth-order valence-corrected chi connectivity index (χ4v) is 2.76. The molecule has 118 valence electrons. The van der Waals surface area contributed by atoms with Gasteiger partial charge in [-0.3, -0.25) is 0 Å². The van der Waals surface area contributed by atoms with Gasteiger partial charge in [-0.25, -0.2) is 13.5 Å². The average molecular weight is 338 g/mol. The maximum Gasteiger partial charge on any atom is 0.339 e. The second-order valence-electron chi connectivity index (χ2n) is 4.39. The van der Waals surface area contributed by atoms with Crippen molar-refractivity contribution in [2.75, 3.05) is 0 Å². The van der Waals surface area contributed by atoms with E-state index in [-0.39, 0.29) is 5.75 Å². The molecule has 0 bridgehead atoms. The van der Waals surface area contributed by atoms with Gasteiger partial charge in [-0.05, 0) is 46.8 Å². The number of hydrogen-bond donors (Lipinski definition) is 0. The van der Waals surface area contributed by atoms with Gasteiger partial charge in [0, 0.05) is 6.07 Å². The molecule has 1 aromatic heterocycles. The Labute approximate surface area is 129 Å². The van der Waals surface area contributed by atoms with Crippen LogP contribution in [0.25, 0.3) is 5.69 Å². The predicted molar refractivity (Wildman–Crippen MR) is 73.3 cm³/mol. The Morgan fingerprint density at radius 2 is 1.65 bits per heavy atom. The van der Waals surface area contributed by atoms with E-state index in [2.05, 4.69) is 15.5 Å². The summed E-state index contributed by atoms with van der Waals surface area (Å²) in [5.74, 6) is -2.05. The SMILES string of the molecule is O=S(=O)(Oc1ccc(-n2cnnn2)cc1)c1cc(F)cc(F)c1. The molecule has 0 aliphatic carbocycles. The highest BCUT2D eigenvalue weighted by Gasteiger charge is 2.19. The summed E-state index contributed by atoms with van der Waals surface area (Å²) in [7, 11) is -4.35. The average Bonchev–Trinajstić information content (AvgIpc) is 3.01. The summed E-state index contributed by atoms with van der Waals surface area (Å²) in [6.07, 6.45) is 1.36. The molecule has 0 radical (unpaired) electrons. The number of benzene rings is 2. The van der Waals surface area contributed by atoms with Crippen molar-refractivity contribution >= 4 is 10.1 Å². The molecule has 10 heteroatoms. The zero-order valence-electron chi connectivity index (χ0n) is 11.3. The van der Waals surface area contributed by atoms with E-state index < -0.39 is 26.6 Å². The first-order valence-corrected chi connectivity index (χ1v) is 7.59. The van der Waals surface area contributed by atoms with Crippen LogP contribution in [-0.2, 0) is 10.1 Å². The molecule has 0 amide bonds. The van der Waals surface area contributed by atoms with Gasteiger partial charge >= 0.3 is 10.1 Å². The summed E-state index contributed by atoms with van der Waals surface area (Å²) in [5, 5.41) is 10.6. The largest absolute Gasteiger partial charge is 0.379 e. The third kappa shape index (κ3) is 3.31. The van der Waals surface area contributed by atoms with Crippen LogP contribution in [0.4, 0.5) is 8.78 Å². The summed E-state index contributed by atoms with van der Waals surface area (Å²) in [4.78, 5) is -0.612. The molecule has 0 aliphatic heterocycles. The minimum absolute atomic E-state index is 0.0218. The number of aromatic nitrogens is 4. The van der Waals surface area contributed by atoms with Gasteiger partial charge in [0.25, 0.3) is 0 Å². The van der Waals surface area contributed by atoms with Crippen LogP contribution in [0.2, 0.25) is 0 Å². The zero-order chi connectivity index (χ0) is 16.4. The quantitative estimate of drug-likeness (QED) is 0.673.